The van der Waals surface area contributed by atoms with Crippen molar-refractivity contribution in [1.82, 2.24) is 5.32 Å². The Morgan fingerprint density at radius 3 is 2.55 bits per heavy atom. The summed E-state index contributed by atoms with van der Waals surface area (Å²) in [7, 11) is 1.83. The first kappa shape index (κ1) is 14.1. The summed E-state index contributed by atoms with van der Waals surface area (Å²) in [5, 5.41) is 6.03. The van der Waals surface area contributed by atoms with E-state index in [4.69, 9.17) is 0 Å². The Balaban J connectivity index is 1.95. The van der Waals surface area contributed by atoms with Crippen LogP contribution in [-0.2, 0) is 6.42 Å². The van der Waals surface area contributed by atoms with Gasteiger partial charge in [-0.15, -0.1) is 0 Å². The van der Waals surface area contributed by atoms with Crippen molar-refractivity contribution in [1.29, 1.82) is 0 Å². The Kier molecular flexibility index (Phi) is 4.77. The quantitative estimate of drug-likeness (QED) is 0.875. The average molecular weight is 268 g/mol. The molecule has 0 aliphatic rings. The lowest BCUT2D eigenvalue weighted by atomic mass is 10.1. The SMILES string of the molecule is CNc1cc(C)ccc1C(=O)NCCc1ccccc1. The molecule has 3 heteroatoms. The number of anilines is 1. The Labute approximate surface area is 120 Å². The van der Waals surface area contributed by atoms with Gasteiger partial charge in [0.15, 0.2) is 0 Å². The molecule has 2 N–H and O–H groups in total. The molecule has 3 nitrogen and oxygen atoms in total. The number of amides is 1. The third-order valence-corrected chi connectivity index (χ3v) is 3.23. The molecule has 2 rings (SSSR count). The zero-order valence-electron chi connectivity index (χ0n) is 11.9. The van der Waals surface area contributed by atoms with Crippen molar-refractivity contribution in [3.05, 3.63) is 65.2 Å². The van der Waals surface area contributed by atoms with E-state index in [1.54, 1.807) is 0 Å². The first-order valence-electron chi connectivity index (χ1n) is 6.81. The van der Waals surface area contributed by atoms with Crippen molar-refractivity contribution in [2.75, 3.05) is 18.9 Å². The van der Waals surface area contributed by atoms with Crippen LogP contribution in [0.4, 0.5) is 5.69 Å². The first-order valence-corrected chi connectivity index (χ1v) is 6.81. The predicted octanol–water partition coefficient (Wildman–Crippen LogP) is 3.01. The summed E-state index contributed by atoms with van der Waals surface area (Å²) >= 11 is 0. The minimum atomic E-state index is -0.0368. The monoisotopic (exact) mass is 268 g/mol. The van der Waals surface area contributed by atoms with Crippen LogP contribution in [0.25, 0.3) is 0 Å². The molecule has 0 saturated carbocycles. The van der Waals surface area contributed by atoms with E-state index in [1.165, 1.54) is 5.56 Å². The molecular weight excluding hydrogens is 248 g/mol. The van der Waals surface area contributed by atoms with Gasteiger partial charge in [0.25, 0.3) is 5.91 Å². The van der Waals surface area contributed by atoms with E-state index in [9.17, 15) is 4.79 Å². The van der Waals surface area contributed by atoms with Crippen LogP contribution >= 0.6 is 0 Å². The van der Waals surface area contributed by atoms with Gasteiger partial charge < -0.3 is 10.6 Å². The largest absolute Gasteiger partial charge is 0.387 e. The molecule has 0 atom stereocenters. The van der Waals surface area contributed by atoms with Crippen LogP contribution in [0.3, 0.4) is 0 Å². The van der Waals surface area contributed by atoms with Gasteiger partial charge in [-0.3, -0.25) is 4.79 Å². The van der Waals surface area contributed by atoms with E-state index in [-0.39, 0.29) is 5.91 Å². The molecule has 0 aromatic heterocycles. The molecular formula is C17H20N2O. The Bertz CT molecular complexity index is 579. The van der Waals surface area contributed by atoms with Crippen LogP contribution in [0.1, 0.15) is 21.5 Å². The second-order valence-corrected chi connectivity index (χ2v) is 4.79. The molecule has 0 spiro atoms. The summed E-state index contributed by atoms with van der Waals surface area (Å²) in [5.41, 5.74) is 3.91. The van der Waals surface area contributed by atoms with Crippen molar-refractivity contribution in [3.8, 4) is 0 Å². The van der Waals surface area contributed by atoms with E-state index in [0.717, 1.165) is 17.7 Å². The van der Waals surface area contributed by atoms with Crippen LogP contribution in [-0.4, -0.2) is 19.5 Å². The molecule has 0 radical (unpaired) electrons. The molecule has 0 fully saturated rings. The van der Waals surface area contributed by atoms with Crippen LogP contribution in [0.5, 0.6) is 0 Å². The first-order chi connectivity index (χ1) is 9.70. The van der Waals surface area contributed by atoms with E-state index in [1.807, 2.05) is 50.4 Å². The van der Waals surface area contributed by atoms with Gasteiger partial charge >= 0.3 is 0 Å². The number of hydrogen-bond donors (Lipinski definition) is 2. The van der Waals surface area contributed by atoms with Gasteiger partial charge in [0.1, 0.15) is 0 Å². The summed E-state index contributed by atoms with van der Waals surface area (Å²) in [6.45, 7) is 2.65. The lowest BCUT2D eigenvalue weighted by Crippen LogP contribution is -2.26. The number of nitrogens with one attached hydrogen (secondary N) is 2. The number of aryl methyl sites for hydroxylation is 1. The fraction of sp³-hybridized carbons (Fsp3) is 0.235. The van der Waals surface area contributed by atoms with Crippen LogP contribution in [0.15, 0.2) is 48.5 Å². The minimum Gasteiger partial charge on any atom is -0.387 e. The lowest BCUT2D eigenvalue weighted by molar-refractivity contribution is 0.0955. The third kappa shape index (κ3) is 3.60. The molecule has 0 heterocycles. The maximum absolute atomic E-state index is 12.2. The van der Waals surface area contributed by atoms with E-state index < -0.39 is 0 Å². The summed E-state index contributed by atoms with van der Waals surface area (Å²) in [4.78, 5) is 12.2. The van der Waals surface area contributed by atoms with Gasteiger partial charge in [0.05, 0.1) is 5.56 Å². The molecule has 0 aliphatic carbocycles. The maximum atomic E-state index is 12.2. The summed E-state index contributed by atoms with van der Waals surface area (Å²) in [5.74, 6) is -0.0368. The number of rotatable bonds is 5. The van der Waals surface area contributed by atoms with Crippen LogP contribution in [0.2, 0.25) is 0 Å². The molecule has 2 aromatic carbocycles. The molecule has 20 heavy (non-hydrogen) atoms. The lowest BCUT2D eigenvalue weighted by Gasteiger charge is -2.10. The van der Waals surface area contributed by atoms with Crippen molar-refractivity contribution in [3.63, 3.8) is 0 Å². The predicted molar refractivity (Wildman–Crippen MR) is 83.2 cm³/mol. The second-order valence-electron chi connectivity index (χ2n) is 4.79. The summed E-state index contributed by atoms with van der Waals surface area (Å²) in [6, 6.07) is 15.9. The van der Waals surface area contributed by atoms with Gasteiger partial charge in [-0.05, 0) is 36.6 Å². The van der Waals surface area contributed by atoms with Gasteiger partial charge in [-0.1, -0.05) is 36.4 Å². The number of benzene rings is 2. The van der Waals surface area contributed by atoms with Crippen molar-refractivity contribution in [2.24, 2.45) is 0 Å². The molecule has 104 valence electrons. The highest BCUT2D eigenvalue weighted by molar-refractivity contribution is 5.99. The number of carbonyl (C=O) groups excluding carboxylic acids is 1. The van der Waals surface area contributed by atoms with E-state index >= 15 is 0 Å². The maximum Gasteiger partial charge on any atom is 0.253 e. The van der Waals surface area contributed by atoms with E-state index in [0.29, 0.717) is 12.1 Å². The van der Waals surface area contributed by atoms with E-state index in [2.05, 4.69) is 22.8 Å². The zero-order valence-corrected chi connectivity index (χ0v) is 11.9. The van der Waals surface area contributed by atoms with Crippen LogP contribution in [0, 0.1) is 6.92 Å². The molecule has 1 amide bonds. The van der Waals surface area contributed by atoms with Crippen molar-refractivity contribution < 1.29 is 4.79 Å². The number of hydrogen-bond acceptors (Lipinski definition) is 2. The van der Waals surface area contributed by atoms with Crippen molar-refractivity contribution in [2.45, 2.75) is 13.3 Å². The van der Waals surface area contributed by atoms with Crippen LogP contribution < -0.4 is 10.6 Å². The average Bonchev–Trinajstić information content (AvgIpc) is 2.48. The van der Waals surface area contributed by atoms with Gasteiger partial charge in [0, 0.05) is 19.3 Å². The Morgan fingerprint density at radius 1 is 1.10 bits per heavy atom. The summed E-state index contributed by atoms with van der Waals surface area (Å²) in [6.07, 6.45) is 0.841. The second kappa shape index (κ2) is 6.75. The van der Waals surface area contributed by atoms with Crippen molar-refractivity contribution >= 4 is 11.6 Å². The third-order valence-electron chi connectivity index (χ3n) is 3.23. The number of carbonyl (C=O) groups is 1. The summed E-state index contributed by atoms with van der Waals surface area (Å²) < 4.78 is 0. The highest BCUT2D eigenvalue weighted by Crippen LogP contribution is 2.16. The molecule has 0 bridgehead atoms. The molecule has 0 unspecified atom stereocenters. The fourth-order valence-electron chi connectivity index (χ4n) is 2.12. The normalized spacial score (nSPS) is 10.1. The fourth-order valence-corrected chi connectivity index (χ4v) is 2.12. The standard InChI is InChI=1S/C17H20N2O/c1-13-8-9-15(16(12-13)18-2)17(20)19-11-10-14-6-4-3-5-7-14/h3-9,12,18H,10-11H2,1-2H3,(H,19,20). The highest BCUT2D eigenvalue weighted by atomic mass is 16.1. The zero-order chi connectivity index (χ0) is 14.4. The Hall–Kier alpha value is -2.29. The molecule has 2 aromatic rings. The smallest absolute Gasteiger partial charge is 0.253 e. The van der Waals surface area contributed by atoms with Gasteiger partial charge in [-0.2, -0.15) is 0 Å². The topological polar surface area (TPSA) is 41.1 Å². The van der Waals surface area contributed by atoms with Gasteiger partial charge in [-0.25, -0.2) is 0 Å². The molecule has 0 saturated heterocycles. The highest BCUT2D eigenvalue weighted by Gasteiger charge is 2.09. The Morgan fingerprint density at radius 2 is 1.85 bits per heavy atom. The molecule has 0 aliphatic heterocycles. The minimum absolute atomic E-state index is 0.0368. The van der Waals surface area contributed by atoms with Gasteiger partial charge in [0.2, 0.25) is 0 Å².